The Kier molecular flexibility index (Phi) is 2.98. The highest BCUT2D eigenvalue weighted by Gasteiger charge is 2.34. The topological polar surface area (TPSA) is 35.2 Å². The first-order chi connectivity index (χ1) is 7.15. The van der Waals surface area contributed by atoms with Gasteiger partial charge < -0.3 is 10.5 Å². The average molecular weight is 274 g/mol. The summed E-state index contributed by atoms with van der Waals surface area (Å²) in [6.45, 7) is 2.06. The van der Waals surface area contributed by atoms with Crippen LogP contribution in [0.3, 0.4) is 0 Å². The molecule has 2 atom stereocenters. The number of halogens is 2. The van der Waals surface area contributed by atoms with Crippen molar-refractivity contribution in [2.24, 2.45) is 5.73 Å². The zero-order chi connectivity index (χ0) is 11.0. The number of hydrogen-bond donors (Lipinski definition) is 1. The van der Waals surface area contributed by atoms with Crippen molar-refractivity contribution in [1.29, 1.82) is 0 Å². The summed E-state index contributed by atoms with van der Waals surface area (Å²) in [4.78, 5) is 0. The second-order valence-corrected chi connectivity index (χ2v) is 4.60. The lowest BCUT2D eigenvalue weighted by molar-refractivity contribution is 0.188. The first-order valence-electron chi connectivity index (χ1n) is 5.05. The maximum absolute atomic E-state index is 13.5. The van der Waals surface area contributed by atoms with Gasteiger partial charge in [-0.3, -0.25) is 0 Å². The molecule has 1 aromatic rings. The van der Waals surface area contributed by atoms with Gasteiger partial charge in [-0.05, 0) is 18.6 Å². The Hall–Kier alpha value is -0.610. The normalized spacial score (nSPS) is 23.7. The van der Waals surface area contributed by atoms with E-state index in [0.717, 1.165) is 22.9 Å². The van der Waals surface area contributed by atoms with E-state index < -0.39 is 0 Å². The second-order valence-electron chi connectivity index (χ2n) is 3.74. The van der Waals surface area contributed by atoms with Gasteiger partial charge in [0.1, 0.15) is 6.10 Å². The monoisotopic (exact) mass is 273 g/mol. The van der Waals surface area contributed by atoms with E-state index in [4.69, 9.17) is 10.5 Å². The Balaban J connectivity index is 2.40. The molecule has 0 aliphatic carbocycles. The smallest absolute Gasteiger partial charge is 0.165 e. The van der Waals surface area contributed by atoms with Crippen LogP contribution < -0.4 is 10.5 Å². The summed E-state index contributed by atoms with van der Waals surface area (Å²) in [6, 6.07) is 2.83. The fraction of sp³-hybridized carbons (Fsp3) is 0.455. The Bertz CT molecular complexity index is 383. The standard InChI is InChI=1S/C11H13BrFNO/c1-2-3-8-10(14)9-6(12)4-5-7(13)11(9)15-8/h4-5,8,10H,2-3,14H2,1H3. The van der Waals surface area contributed by atoms with E-state index in [1.165, 1.54) is 6.07 Å². The first kappa shape index (κ1) is 10.9. The van der Waals surface area contributed by atoms with Crippen molar-refractivity contribution < 1.29 is 9.13 Å². The van der Waals surface area contributed by atoms with Crippen molar-refractivity contribution in [2.75, 3.05) is 0 Å². The van der Waals surface area contributed by atoms with E-state index in [-0.39, 0.29) is 18.0 Å². The highest BCUT2D eigenvalue weighted by atomic mass is 79.9. The van der Waals surface area contributed by atoms with Gasteiger partial charge in [-0.15, -0.1) is 0 Å². The van der Waals surface area contributed by atoms with Crippen LogP contribution in [0.25, 0.3) is 0 Å². The molecule has 0 aromatic heterocycles. The van der Waals surface area contributed by atoms with Crippen LogP contribution >= 0.6 is 15.9 Å². The Morgan fingerprint density at radius 2 is 2.27 bits per heavy atom. The van der Waals surface area contributed by atoms with Gasteiger partial charge in [0.15, 0.2) is 11.6 Å². The van der Waals surface area contributed by atoms with Crippen molar-refractivity contribution in [1.82, 2.24) is 0 Å². The number of ether oxygens (including phenoxy) is 1. The van der Waals surface area contributed by atoms with Crippen LogP contribution in [0, 0.1) is 5.82 Å². The van der Waals surface area contributed by atoms with Crippen LogP contribution in [0.15, 0.2) is 16.6 Å². The molecular formula is C11H13BrFNO. The molecule has 0 radical (unpaired) electrons. The lowest BCUT2D eigenvalue weighted by atomic mass is 10.0. The molecule has 0 saturated heterocycles. The maximum atomic E-state index is 13.5. The minimum absolute atomic E-state index is 0.0989. The minimum Gasteiger partial charge on any atom is -0.485 e. The number of hydrogen-bond acceptors (Lipinski definition) is 2. The minimum atomic E-state index is -0.331. The van der Waals surface area contributed by atoms with Gasteiger partial charge in [-0.1, -0.05) is 29.3 Å². The zero-order valence-electron chi connectivity index (χ0n) is 8.47. The lowest BCUT2D eigenvalue weighted by Gasteiger charge is -2.13. The fourth-order valence-electron chi connectivity index (χ4n) is 1.91. The first-order valence-corrected chi connectivity index (χ1v) is 5.84. The largest absolute Gasteiger partial charge is 0.485 e. The van der Waals surface area contributed by atoms with Crippen molar-refractivity contribution in [2.45, 2.75) is 31.9 Å². The highest BCUT2D eigenvalue weighted by molar-refractivity contribution is 9.10. The molecule has 1 aliphatic rings. The molecule has 0 spiro atoms. The molecule has 4 heteroatoms. The van der Waals surface area contributed by atoms with Crippen molar-refractivity contribution in [3.8, 4) is 5.75 Å². The van der Waals surface area contributed by atoms with Gasteiger partial charge >= 0.3 is 0 Å². The van der Waals surface area contributed by atoms with Crippen LogP contribution in [-0.4, -0.2) is 6.10 Å². The fourth-order valence-corrected chi connectivity index (χ4v) is 2.49. The summed E-state index contributed by atoms with van der Waals surface area (Å²) in [5.74, 6) is -0.0161. The molecule has 1 aliphatic heterocycles. The molecule has 82 valence electrons. The third kappa shape index (κ3) is 1.76. The predicted octanol–water partition coefficient (Wildman–Crippen LogP) is 3.15. The molecule has 0 amide bonds. The molecule has 2 N–H and O–H groups in total. The number of benzene rings is 1. The molecule has 2 rings (SSSR count). The summed E-state index contributed by atoms with van der Waals surface area (Å²) in [7, 11) is 0. The summed E-state index contributed by atoms with van der Waals surface area (Å²) in [5, 5.41) is 0. The van der Waals surface area contributed by atoms with Crippen molar-refractivity contribution >= 4 is 15.9 Å². The van der Waals surface area contributed by atoms with Crippen LogP contribution in [0.1, 0.15) is 31.4 Å². The Labute approximate surface area is 96.7 Å². The number of nitrogens with two attached hydrogens (primary N) is 1. The van der Waals surface area contributed by atoms with Gasteiger partial charge in [0.25, 0.3) is 0 Å². The molecular weight excluding hydrogens is 261 g/mol. The van der Waals surface area contributed by atoms with E-state index in [9.17, 15) is 4.39 Å². The van der Waals surface area contributed by atoms with Crippen molar-refractivity contribution in [3.05, 3.63) is 28.0 Å². The van der Waals surface area contributed by atoms with Gasteiger partial charge in [0.05, 0.1) is 6.04 Å². The van der Waals surface area contributed by atoms with E-state index in [0.29, 0.717) is 5.75 Å². The molecule has 15 heavy (non-hydrogen) atoms. The average Bonchev–Trinajstić information content (AvgIpc) is 2.53. The molecule has 2 nitrogen and oxygen atoms in total. The van der Waals surface area contributed by atoms with E-state index in [1.807, 2.05) is 0 Å². The highest BCUT2D eigenvalue weighted by Crippen LogP contribution is 2.42. The van der Waals surface area contributed by atoms with Gasteiger partial charge in [0.2, 0.25) is 0 Å². The van der Waals surface area contributed by atoms with Crippen molar-refractivity contribution in [3.63, 3.8) is 0 Å². The van der Waals surface area contributed by atoms with Crippen LogP contribution in [0.5, 0.6) is 5.75 Å². The van der Waals surface area contributed by atoms with E-state index >= 15 is 0 Å². The van der Waals surface area contributed by atoms with E-state index in [2.05, 4.69) is 22.9 Å². The van der Waals surface area contributed by atoms with Gasteiger partial charge in [-0.25, -0.2) is 4.39 Å². The van der Waals surface area contributed by atoms with Crippen LogP contribution in [-0.2, 0) is 0 Å². The zero-order valence-corrected chi connectivity index (χ0v) is 10.1. The summed E-state index contributed by atoms with van der Waals surface area (Å²) in [5.41, 5.74) is 6.78. The second kappa shape index (κ2) is 4.10. The quantitative estimate of drug-likeness (QED) is 0.899. The molecule has 0 saturated carbocycles. The van der Waals surface area contributed by atoms with Gasteiger partial charge in [-0.2, -0.15) is 0 Å². The summed E-state index contributed by atoms with van der Waals surface area (Å²) in [6.07, 6.45) is 1.73. The summed E-state index contributed by atoms with van der Waals surface area (Å²) < 4.78 is 19.8. The third-order valence-electron chi connectivity index (χ3n) is 2.67. The number of rotatable bonds is 2. The molecule has 2 unspecified atom stereocenters. The molecule has 1 aromatic carbocycles. The third-order valence-corrected chi connectivity index (χ3v) is 3.36. The Morgan fingerprint density at radius 1 is 1.53 bits per heavy atom. The Morgan fingerprint density at radius 3 is 2.87 bits per heavy atom. The molecule has 0 bridgehead atoms. The maximum Gasteiger partial charge on any atom is 0.165 e. The molecule has 0 fully saturated rings. The molecule has 1 heterocycles. The van der Waals surface area contributed by atoms with E-state index in [1.54, 1.807) is 6.07 Å². The van der Waals surface area contributed by atoms with Crippen LogP contribution in [0.2, 0.25) is 0 Å². The SMILES string of the molecule is CCCC1Oc2c(F)ccc(Br)c2C1N. The summed E-state index contributed by atoms with van der Waals surface area (Å²) >= 11 is 3.37. The van der Waals surface area contributed by atoms with Gasteiger partial charge in [0, 0.05) is 10.0 Å². The predicted molar refractivity (Wildman–Crippen MR) is 60.4 cm³/mol. The number of fused-ring (bicyclic) bond motifs is 1. The van der Waals surface area contributed by atoms with Crippen LogP contribution in [0.4, 0.5) is 4.39 Å². The lowest BCUT2D eigenvalue weighted by Crippen LogP contribution is -2.25.